The van der Waals surface area contributed by atoms with Gasteiger partial charge in [-0.25, -0.2) is 8.42 Å². The van der Waals surface area contributed by atoms with Gasteiger partial charge in [0.25, 0.3) is 9.05 Å². The second-order valence-electron chi connectivity index (χ2n) is 2.62. The second-order valence-corrected chi connectivity index (χ2v) is 5.83. The molecule has 0 amide bonds. The molecule has 80 valence electrons. The average molecular weight is 285 g/mol. The van der Waals surface area contributed by atoms with Gasteiger partial charge in [0, 0.05) is 21.6 Å². The molecule has 3 nitrogen and oxygen atoms in total. The van der Waals surface area contributed by atoms with Crippen molar-refractivity contribution in [1.29, 1.82) is 5.26 Å². The van der Waals surface area contributed by atoms with Crippen LogP contribution >= 0.6 is 33.9 Å². The number of rotatable bonds is 2. The first-order chi connectivity index (χ1) is 6.90. The van der Waals surface area contributed by atoms with Gasteiger partial charge in [-0.3, -0.25) is 0 Å². The summed E-state index contributed by atoms with van der Waals surface area (Å²) >= 11 is 11.2. The van der Waals surface area contributed by atoms with Crippen LogP contribution in [-0.4, -0.2) is 8.42 Å². The number of benzene rings is 1. The molecule has 0 saturated heterocycles. The first-order valence-electron chi connectivity index (χ1n) is 3.63. The zero-order valence-corrected chi connectivity index (χ0v) is 10.3. The molecule has 0 spiro atoms. The molecule has 15 heavy (non-hydrogen) atoms. The van der Waals surface area contributed by atoms with Crippen molar-refractivity contribution in [3.05, 3.63) is 28.3 Å². The fraction of sp³-hybridized carbons (Fsp3) is 0.125. The van der Waals surface area contributed by atoms with E-state index >= 15 is 0 Å². The predicted molar refractivity (Wildman–Crippen MR) is 58.8 cm³/mol. The molecule has 0 N–H and O–H groups in total. The monoisotopic (exact) mass is 283 g/mol. The number of nitrogens with zero attached hydrogens (tertiary/aromatic N) is 1. The number of hydrogen-bond donors (Lipinski definition) is 0. The van der Waals surface area contributed by atoms with E-state index in [2.05, 4.69) is 0 Å². The summed E-state index contributed by atoms with van der Waals surface area (Å²) in [6, 6.07) is 4.31. The Bertz CT molecular complexity index is 534. The maximum Gasteiger partial charge on any atom is 0.262 e. The third-order valence-electron chi connectivity index (χ3n) is 1.64. The molecule has 0 aliphatic carbocycles. The summed E-state index contributed by atoms with van der Waals surface area (Å²) < 4.78 is 22.4. The van der Waals surface area contributed by atoms with E-state index in [0.29, 0.717) is 0 Å². The van der Waals surface area contributed by atoms with Crippen molar-refractivity contribution in [2.75, 3.05) is 0 Å². The Labute approximate surface area is 102 Å². The molecular formula is C8H4Cl3NO2S. The lowest BCUT2D eigenvalue weighted by atomic mass is 10.1. The van der Waals surface area contributed by atoms with Gasteiger partial charge >= 0.3 is 0 Å². The summed E-state index contributed by atoms with van der Waals surface area (Å²) in [6.45, 7) is 0. The first kappa shape index (κ1) is 12.6. The quantitative estimate of drug-likeness (QED) is 0.620. The maximum atomic E-state index is 11.2. The van der Waals surface area contributed by atoms with Crippen LogP contribution in [0.1, 0.15) is 11.1 Å². The van der Waals surface area contributed by atoms with E-state index < -0.39 is 9.05 Å². The number of nitriles is 1. The van der Waals surface area contributed by atoms with Crippen molar-refractivity contribution in [3.8, 4) is 6.07 Å². The van der Waals surface area contributed by atoms with Crippen LogP contribution in [0.15, 0.2) is 17.0 Å². The minimum atomic E-state index is -4.00. The van der Waals surface area contributed by atoms with Gasteiger partial charge in [-0.2, -0.15) is 5.26 Å². The van der Waals surface area contributed by atoms with E-state index in [1.54, 1.807) is 6.07 Å². The van der Waals surface area contributed by atoms with Crippen LogP contribution in [0.4, 0.5) is 0 Å². The highest BCUT2D eigenvalue weighted by molar-refractivity contribution is 8.13. The molecule has 0 saturated carbocycles. The smallest absolute Gasteiger partial charge is 0.207 e. The molecule has 0 fully saturated rings. The van der Waals surface area contributed by atoms with Crippen LogP contribution in [0.2, 0.25) is 5.02 Å². The summed E-state index contributed by atoms with van der Waals surface area (Å²) in [5.41, 5.74) is 0.115. The number of halogens is 3. The van der Waals surface area contributed by atoms with Gasteiger partial charge in [-0.15, -0.1) is 11.6 Å². The lowest BCUT2D eigenvalue weighted by Gasteiger charge is -2.06. The highest BCUT2D eigenvalue weighted by atomic mass is 35.7. The SMILES string of the molecule is N#Cc1cc(Cl)cc(CCl)c1S(=O)(=O)Cl. The Morgan fingerprint density at radius 3 is 2.40 bits per heavy atom. The van der Waals surface area contributed by atoms with Crippen molar-refractivity contribution in [3.63, 3.8) is 0 Å². The summed E-state index contributed by atoms with van der Waals surface area (Å²) in [6.07, 6.45) is 0. The Morgan fingerprint density at radius 1 is 1.40 bits per heavy atom. The second kappa shape index (κ2) is 4.58. The molecule has 7 heteroatoms. The third-order valence-corrected chi connectivity index (χ3v) is 3.58. The zero-order valence-electron chi connectivity index (χ0n) is 7.17. The van der Waals surface area contributed by atoms with Gasteiger partial charge in [-0.05, 0) is 17.7 Å². The minimum absolute atomic E-state index is 0.0868. The van der Waals surface area contributed by atoms with E-state index in [4.69, 9.17) is 39.1 Å². The van der Waals surface area contributed by atoms with Gasteiger partial charge in [-0.1, -0.05) is 11.6 Å². The van der Waals surface area contributed by atoms with Gasteiger partial charge < -0.3 is 0 Å². The Hall–Kier alpha value is -0.470. The zero-order chi connectivity index (χ0) is 11.6. The summed E-state index contributed by atoms with van der Waals surface area (Å²) in [4.78, 5) is -0.272. The summed E-state index contributed by atoms with van der Waals surface area (Å²) in [5.74, 6) is -0.0868. The van der Waals surface area contributed by atoms with Gasteiger partial charge in [0.15, 0.2) is 0 Å². The van der Waals surface area contributed by atoms with Gasteiger partial charge in [0.2, 0.25) is 0 Å². The first-order valence-corrected chi connectivity index (χ1v) is 6.85. The van der Waals surface area contributed by atoms with E-state index in [1.165, 1.54) is 12.1 Å². The number of alkyl halides is 1. The Morgan fingerprint density at radius 2 is 2.00 bits per heavy atom. The fourth-order valence-electron chi connectivity index (χ4n) is 1.12. The molecule has 0 atom stereocenters. The predicted octanol–water partition coefficient (Wildman–Crippen LogP) is 2.88. The van der Waals surface area contributed by atoms with E-state index in [1.807, 2.05) is 0 Å². The third kappa shape index (κ3) is 2.76. The molecular weight excluding hydrogens is 281 g/mol. The fourth-order valence-corrected chi connectivity index (χ4v) is 3.01. The largest absolute Gasteiger partial charge is 0.262 e. The maximum absolute atomic E-state index is 11.2. The molecule has 0 unspecified atom stereocenters. The summed E-state index contributed by atoms with van der Waals surface area (Å²) in [7, 11) is 1.20. The van der Waals surface area contributed by atoms with Gasteiger partial charge in [0.1, 0.15) is 11.0 Å². The normalized spacial score (nSPS) is 11.1. The molecule has 0 radical (unpaired) electrons. The highest BCUT2D eigenvalue weighted by Gasteiger charge is 2.21. The van der Waals surface area contributed by atoms with E-state index in [-0.39, 0.29) is 26.9 Å². The van der Waals surface area contributed by atoms with E-state index in [0.717, 1.165) is 0 Å². The Kier molecular flexibility index (Phi) is 3.85. The lowest BCUT2D eigenvalue weighted by molar-refractivity contribution is 0.608. The number of hydrogen-bond acceptors (Lipinski definition) is 3. The van der Waals surface area contributed by atoms with Gasteiger partial charge in [0.05, 0.1) is 5.56 Å². The van der Waals surface area contributed by atoms with Crippen LogP contribution in [0.5, 0.6) is 0 Å². The van der Waals surface area contributed by atoms with Crippen LogP contribution < -0.4 is 0 Å². The summed E-state index contributed by atoms with van der Waals surface area (Å²) in [5, 5.41) is 8.99. The van der Waals surface area contributed by atoms with Crippen molar-refractivity contribution < 1.29 is 8.42 Å². The standard InChI is InChI=1S/C8H4Cl3NO2S/c9-3-5-1-7(10)2-6(4-12)8(5)15(11,13)14/h1-2H,3H2. The average Bonchev–Trinajstić information content (AvgIpc) is 2.14. The van der Waals surface area contributed by atoms with Crippen LogP contribution in [0, 0.1) is 11.3 Å². The minimum Gasteiger partial charge on any atom is -0.207 e. The van der Waals surface area contributed by atoms with Crippen LogP contribution in [0.25, 0.3) is 0 Å². The molecule has 0 aromatic heterocycles. The molecule has 1 rings (SSSR count). The van der Waals surface area contributed by atoms with Crippen LogP contribution in [-0.2, 0) is 14.9 Å². The van der Waals surface area contributed by atoms with Crippen molar-refractivity contribution >= 4 is 42.9 Å². The van der Waals surface area contributed by atoms with E-state index in [9.17, 15) is 8.42 Å². The van der Waals surface area contributed by atoms with Crippen molar-refractivity contribution in [2.45, 2.75) is 10.8 Å². The van der Waals surface area contributed by atoms with Crippen LogP contribution in [0.3, 0.4) is 0 Å². The van der Waals surface area contributed by atoms with Crippen molar-refractivity contribution in [1.82, 2.24) is 0 Å². The molecule has 0 aliphatic rings. The molecule has 0 aliphatic heterocycles. The molecule has 0 heterocycles. The highest BCUT2D eigenvalue weighted by Crippen LogP contribution is 2.28. The Balaban J connectivity index is 3.69. The molecule has 1 aromatic carbocycles. The topological polar surface area (TPSA) is 57.9 Å². The lowest BCUT2D eigenvalue weighted by Crippen LogP contribution is -2.00. The van der Waals surface area contributed by atoms with Crippen molar-refractivity contribution in [2.24, 2.45) is 0 Å². The molecule has 1 aromatic rings. The molecule has 0 bridgehead atoms.